The monoisotopic (exact) mass is 239 g/mol. The van der Waals surface area contributed by atoms with Crippen molar-refractivity contribution < 1.29 is 18.4 Å². The molecule has 17 heavy (non-hydrogen) atoms. The van der Waals surface area contributed by atoms with Gasteiger partial charge in [0.15, 0.2) is 0 Å². The Labute approximate surface area is 96.7 Å². The molecule has 0 saturated heterocycles. The molecule has 90 valence electrons. The standard InChI is InChI=1S/C12H11F2NO2/c13-8-3-4-11(14)10(6-8)12-7-9(17-15-12)2-1-5-16/h3-4,6-7,16H,1-2,5H2. The largest absolute Gasteiger partial charge is 0.396 e. The Balaban J connectivity index is 2.27. The predicted molar refractivity (Wildman–Crippen MR) is 57.3 cm³/mol. The van der Waals surface area contributed by atoms with E-state index in [0.29, 0.717) is 18.6 Å². The molecule has 1 aromatic carbocycles. The van der Waals surface area contributed by atoms with E-state index in [2.05, 4.69) is 5.16 Å². The fraction of sp³-hybridized carbons (Fsp3) is 0.250. The number of nitrogens with zero attached hydrogens (tertiary/aromatic N) is 1. The molecule has 5 heteroatoms. The Bertz CT molecular complexity index is 511. The van der Waals surface area contributed by atoms with Crippen LogP contribution in [0.1, 0.15) is 12.2 Å². The lowest BCUT2D eigenvalue weighted by molar-refractivity contribution is 0.280. The van der Waals surface area contributed by atoms with Gasteiger partial charge in [-0.3, -0.25) is 0 Å². The third-order valence-electron chi connectivity index (χ3n) is 2.34. The zero-order chi connectivity index (χ0) is 12.3. The quantitative estimate of drug-likeness (QED) is 0.891. The van der Waals surface area contributed by atoms with Gasteiger partial charge in [-0.1, -0.05) is 5.16 Å². The fourth-order valence-electron chi connectivity index (χ4n) is 1.50. The molecule has 1 aromatic heterocycles. The first kappa shape index (κ1) is 11.7. The molecule has 0 aliphatic carbocycles. The molecular formula is C12H11F2NO2. The van der Waals surface area contributed by atoms with Gasteiger partial charge >= 0.3 is 0 Å². The van der Waals surface area contributed by atoms with Crippen molar-refractivity contribution in [3.63, 3.8) is 0 Å². The minimum Gasteiger partial charge on any atom is -0.396 e. The maximum atomic E-state index is 13.4. The summed E-state index contributed by atoms with van der Waals surface area (Å²) in [6.07, 6.45) is 1.06. The molecule has 0 saturated carbocycles. The Hall–Kier alpha value is -1.75. The van der Waals surface area contributed by atoms with Crippen molar-refractivity contribution in [2.24, 2.45) is 0 Å². The van der Waals surface area contributed by atoms with Gasteiger partial charge in [-0.15, -0.1) is 0 Å². The van der Waals surface area contributed by atoms with E-state index in [1.54, 1.807) is 6.07 Å². The molecule has 1 heterocycles. The van der Waals surface area contributed by atoms with E-state index in [4.69, 9.17) is 9.63 Å². The summed E-state index contributed by atoms with van der Waals surface area (Å²) < 4.78 is 31.4. The zero-order valence-electron chi connectivity index (χ0n) is 8.99. The fourth-order valence-corrected chi connectivity index (χ4v) is 1.50. The summed E-state index contributed by atoms with van der Waals surface area (Å²) in [5.41, 5.74) is 0.332. The van der Waals surface area contributed by atoms with Gasteiger partial charge in [0.1, 0.15) is 23.1 Å². The van der Waals surface area contributed by atoms with Crippen LogP contribution in [0.2, 0.25) is 0 Å². The average Bonchev–Trinajstić information content (AvgIpc) is 2.78. The highest BCUT2D eigenvalue weighted by atomic mass is 19.1. The highest BCUT2D eigenvalue weighted by molar-refractivity contribution is 5.59. The third kappa shape index (κ3) is 2.68. The zero-order valence-corrected chi connectivity index (χ0v) is 8.99. The molecular weight excluding hydrogens is 228 g/mol. The number of aromatic nitrogens is 1. The van der Waals surface area contributed by atoms with Crippen molar-refractivity contribution in [1.82, 2.24) is 5.16 Å². The van der Waals surface area contributed by atoms with E-state index in [-0.39, 0.29) is 17.9 Å². The van der Waals surface area contributed by atoms with Crippen molar-refractivity contribution in [3.05, 3.63) is 41.7 Å². The lowest BCUT2D eigenvalue weighted by Crippen LogP contribution is -1.87. The van der Waals surface area contributed by atoms with Crippen LogP contribution in [0.5, 0.6) is 0 Å². The maximum Gasteiger partial charge on any atom is 0.137 e. The van der Waals surface area contributed by atoms with Crippen LogP contribution < -0.4 is 0 Å². The van der Waals surface area contributed by atoms with Crippen LogP contribution in [-0.4, -0.2) is 16.9 Å². The van der Waals surface area contributed by atoms with Gasteiger partial charge in [-0.2, -0.15) is 0 Å². The number of hydrogen-bond acceptors (Lipinski definition) is 3. The van der Waals surface area contributed by atoms with Crippen molar-refractivity contribution in [3.8, 4) is 11.3 Å². The number of rotatable bonds is 4. The Morgan fingerprint density at radius 2 is 2.06 bits per heavy atom. The van der Waals surface area contributed by atoms with Gasteiger partial charge in [-0.05, 0) is 24.6 Å². The second-order valence-corrected chi connectivity index (χ2v) is 3.63. The topological polar surface area (TPSA) is 46.3 Å². The average molecular weight is 239 g/mol. The number of halogens is 2. The summed E-state index contributed by atoms with van der Waals surface area (Å²) in [4.78, 5) is 0. The van der Waals surface area contributed by atoms with Crippen molar-refractivity contribution in [1.29, 1.82) is 0 Å². The van der Waals surface area contributed by atoms with E-state index in [0.717, 1.165) is 18.2 Å². The lowest BCUT2D eigenvalue weighted by Gasteiger charge is -1.97. The minimum atomic E-state index is -0.548. The van der Waals surface area contributed by atoms with Gasteiger partial charge in [0.2, 0.25) is 0 Å². The first-order valence-corrected chi connectivity index (χ1v) is 5.22. The van der Waals surface area contributed by atoms with Crippen LogP contribution in [0.15, 0.2) is 28.8 Å². The normalized spacial score (nSPS) is 10.8. The van der Waals surface area contributed by atoms with Gasteiger partial charge in [0.25, 0.3) is 0 Å². The number of hydrogen-bond donors (Lipinski definition) is 1. The van der Waals surface area contributed by atoms with Crippen LogP contribution in [0.3, 0.4) is 0 Å². The predicted octanol–water partition coefficient (Wildman–Crippen LogP) is 2.54. The molecule has 2 rings (SSSR count). The minimum absolute atomic E-state index is 0.0460. The molecule has 0 fully saturated rings. The summed E-state index contributed by atoms with van der Waals surface area (Å²) in [6.45, 7) is 0.0460. The second-order valence-electron chi connectivity index (χ2n) is 3.63. The second kappa shape index (κ2) is 5.05. The van der Waals surface area contributed by atoms with Crippen LogP contribution in [0.25, 0.3) is 11.3 Å². The molecule has 0 unspecified atom stereocenters. The molecule has 3 nitrogen and oxygen atoms in total. The van der Waals surface area contributed by atoms with Crippen molar-refractivity contribution >= 4 is 0 Å². The van der Waals surface area contributed by atoms with E-state index in [9.17, 15) is 8.78 Å². The van der Waals surface area contributed by atoms with Crippen LogP contribution >= 0.6 is 0 Å². The highest BCUT2D eigenvalue weighted by Gasteiger charge is 2.11. The maximum absolute atomic E-state index is 13.4. The highest BCUT2D eigenvalue weighted by Crippen LogP contribution is 2.23. The van der Waals surface area contributed by atoms with Gasteiger partial charge in [-0.25, -0.2) is 8.78 Å². The Morgan fingerprint density at radius 1 is 1.24 bits per heavy atom. The first-order valence-electron chi connectivity index (χ1n) is 5.22. The number of aryl methyl sites for hydroxylation is 1. The Kier molecular flexibility index (Phi) is 3.49. The number of aliphatic hydroxyl groups excluding tert-OH is 1. The van der Waals surface area contributed by atoms with E-state index >= 15 is 0 Å². The summed E-state index contributed by atoms with van der Waals surface area (Å²) in [5, 5.41) is 12.3. The molecule has 0 aliphatic rings. The molecule has 0 bridgehead atoms. The molecule has 0 aliphatic heterocycles. The van der Waals surface area contributed by atoms with Gasteiger partial charge in [0, 0.05) is 24.7 Å². The summed E-state index contributed by atoms with van der Waals surface area (Å²) in [6, 6.07) is 4.72. The van der Waals surface area contributed by atoms with Crippen LogP contribution in [0, 0.1) is 11.6 Å². The molecule has 0 radical (unpaired) electrons. The van der Waals surface area contributed by atoms with Gasteiger partial charge < -0.3 is 9.63 Å². The summed E-state index contributed by atoms with van der Waals surface area (Å²) >= 11 is 0. The number of aliphatic hydroxyl groups is 1. The molecule has 0 amide bonds. The van der Waals surface area contributed by atoms with Crippen LogP contribution in [-0.2, 0) is 6.42 Å². The van der Waals surface area contributed by atoms with E-state index < -0.39 is 11.6 Å². The number of benzene rings is 1. The first-order chi connectivity index (χ1) is 8.20. The molecule has 1 N–H and O–H groups in total. The van der Waals surface area contributed by atoms with Gasteiger partial charge in [0.05, 0.1) is 0 Å². The van der Waals surface area contributed by atoms with Crippen LogP contribution in [0.4, 0.5) is 8.78 Å². The SMILES string of the molecule is OCCCc1cc(-c2cc(F)ccc2F)no1. The lowest BCUT2D eigenvalue weighted by atomic mass is 10.1. The van der Waals surface area contributed by atoms with Crippen molar-refractivity contribution in [2.45, 2.75) is 12.8 Å². The van der Waals surface area contributed by atoms with Crippen molar-refractivity contribution in [2.75, 3.05) is 6.61 Å². The molecule has 2 aromatic rings. The Morgan fingerprint density at radius 3 is 2.82 bits per heavy atom. The molecule has 0 atom stereocenters. The summed E-state index contributed by atoms with van der Waals surface area (Å²) in [7, 11) is 0. The van der Waals surface area contributed by atoms with E-state index in [1.165, 1.54) is 0 Å². The smallest absolute Gasteiger partial charge is 0.137 e. The molecule has 0 spiro atoms. The van der Waals surface area contributed by atoms with E-state index in [1.807, 2.05) is 0 Å². The third-order valence-corrected chi connectivity index (χ3v) is 2.34. The summed E-state index contributed by atoms with van der Waals surface area (Å²) in [5.74, 6) is -0.535.